The van der Waals surface area contributed by atoms with E-state index >= 15 is 0 Å². The van der Waals surface area contributed by atoms with Crippen molar-refractivity contribution in [2.45, 2.75) is 19.3 Å². The van der Waals surface area contributed by atoms with Gasteiger partial charge in [-0.05, 0) is 35.2 Å². The van der Waals surface area contributed by atoms with E-state index in [0.717, 1.165) is 22.6 Å². The molecule has 186 valence electrons. The molecule has 0 aliphatic carbocycles. The van der Waals surface area contributed by atoms with Crippen LogP contribution in [0.4, 0.5) is 23.7 Å². The average Bonchev–Trinajstić information content (AvgIpc) is 3.34. The number of rotatable bonds is 10. The Kier molecular flexibility index (Phi) is 9.27. The molecule has 1 aromatic heterocycles. The number of nitrogens with one attached hydrogen (secondary N) is 1. The van der Waals surface area contributed by atoms with Crippen molar-refractivity contribution < 1.29 is 27.5 Å². The lowest BCUT2D eigenvalue weighted by Gasteiger charge is -2.28. The number of amides is 3. The van der Waals surface area contributed by atoms with Crippen molar-refractivity contribution >= 4 is 29.0 Å². The van der Waals surface area contributed by atoms with Crippen LogP contribution in [0.15, 0.2) is 72.1 Å². The summed E-state index contributed by atoms with van der Waals surface area (Å²) in [5.74, 6) is -0.294. The van der Waals surface area contributed by atoms with Gasteiger partial charge in [0.1, 0.15) is 6.54 Å². The fourth-order valence-corrected chi connectivity index (χ4v) is 4.04. The summed E-state index contributed by atoms with van der Waals surface area (Å²) in [7, 11) is 1.46. The van der Waals surface area contributed by atoms with Crippen LogP contribution in [0.1, 0.15) is 16.0 Å². The topological polar surface area (TPSA) is 61.9 Å². The van der Waals surface area contributed by atoms with Gasteiger partial charge in [-0.1, -0.05) is 42.5 Å². The summed E-state index contributed by atoms with van der Waals surface area (Å²) in [6, 6.07) is 17.0. The maximum atomic E-state index is 13.3. The monoisotopic (exact) mass is 505 g/mol. The van der Waals surface area contributed by atoms with Gasteiger partial charge in [-0.25, -0.2) is 4.79 Å². The summed E-state index contributed by atoms with van der Waals surface area (Å²) >= 11 is 1.52. The highest BCUT2D eigenvalue weighted by Crippen LogP contribution is 2.30. The Bertz CT molecular complexity index is 1090. The molecule has 0 bridgehead atoms. The minimum atomic E-state index is -4.54. The zero-order valence-electron chi connectivity index (χ0n) is 19.1. The van der Waals surface area contributed by atoms with E-state index in [1.807, 2.05) is 47.8 Å². The molecule has 35 heavy (non-hydrogen) atoms. The first kappa shape index (κ1) is 26.2. The second kappa shape index (κ2) is 12.4. The van der Waals surface area contributed by atoms with Crippen molar-refractivity contribution in [1.82, 2.24) is 9.80 Å². The number of methoxy groups -OCH3 is 1. The molecule has 0 saturated carbocycles. The molecule has 0 saturated heterocycles. The molecule has 3 rings (SSSR count). The number of hydrogen-bond acceptors (Lipinski definition) is 4. The van der Waals surface area contributed by atoms with Crippen LogP contribution in [-0.4, -0.2) is 48.5 Å². The van der Waals surface area contributed by atoms with Crippen LogP contribution in [0.3, 0.4) is 0 Å². The van der Waals surface area contributed by atoms with Crippen molar-refractivity contribution in [3.63, 3.8) is 0 Å². The Morgan fingerprint density at radius 3 is 2.40 bits per heavy atom. The highest BCUT2D eigenvalue weighted by atomic mass is 32.1. The Morgan fingerprint density at radius 1 is 0.971 bits per heavy atom. The van der Waals surface area contributed by atoms with Crippen molar-refractivity contribution in [2.75, 3.05) is 32.1 Å². The standard InChI is InChI=1S/C25H26F3N3O3S/c1-34-13-12-30(24(33)29-21-10-5-9-20(15-21)25(26,27)28)18-23(32)31(17-22-11-6-14-35-22)16-19-7-3-2-4-8-19/h2-11,14-15H,12-13,16-18H2,1H3,(H,29,33). The first-order valence-electron chi connectivity index (χ1n) is 10.8. The third-order valence-electron chi connectivity index (χ3n) is 5.12. The number of nitrogens with zero attached hydrogens (tertiary/aromatic N) is 2. The molecule has 1 heterocycles. The largest absolute Gasteiger partial charge is 0.416 e. The quantitative estimate of drug-likeness (QED) is 0.397. The molecule has 0 fully saturated rings. The van der Waals surface area contributed by atoms with E-state index in [-0.39, 0.29) is 31.3 Å². The molecule has 6 nitrogen and oxygen atoms in total. The predicted molar refractivity (Wildman–Crippen MR) is 129 cm³/mol. The molecule has 0 aliphatic rings. The average molecular weight is 506 g/mol. The number of benzene rings is 2. The van der Waals surface area contributed by atoms with E-state index in [9.17, 15) is 22.8 Å². The molecule has 0 radical (unpaired) electrons. The first-order chi connectivity index (χ1) is 16.8. The van der Waals surface area contributed by atoms with Gasteiger partial charge in [-0.15, -0.1) is 11.3 Å². The molecule has 3 amide bonds. The molecule has 0 aliphatic heterocycles. The fourth-order valence-electron chi connectivity index (χ4n) is 3.32. The van der Waals surface area contributed by atoms with Gasteiger partial charge in [0.25, 0.3) is 0 Å². The van der Waals surface area contributed by atoms with E-state index in [1.54, 1.807) is 4.90 Å². The van der Waals surface area contributed by atoms with Crippen LogP contribution in [0.25, 0.3) is 0 Å². The molecule has 2 aromatic carbocycles. The lowest BCUT2D eigenvalue weighted by atomic mass is 10.2. The summed E-state index contributed by atoms with van der Waals surface area (Å²) in [4.78, 5) is 30.1. The van der Waals surface area contributed by atoms with Crippen LogP contribution in [0.5, 0.6) is 0 Å². The van der Waals surface area contributed by atoms with E-state index in [2.05, 4.69) is 5.32 Å². The van der Waals surface area contributed by atoms with Gasteiger partial charge in [0.15, 0.2) is 0 Å². The smallest absolute Gasteiger partial charge is 0.383 e. The van der Waals surface area contributed by atoms with Gasteiger partial charge in [0.05, 0.1) is 18.7 Å². The lowest BCUT2D eigenvalue weighted by molar-refractivity contribution is -0.137. The Balaban J connectivity index is 1.75. The van der Waals surface area contributed by atoms with Gasteiger partial charge >= 0.3 is 12.2 Å². The maximum absolute atomic E-state index is 13.3. The van der Waals surface area contributed by atoms with Crippen molar-refractivity contribution in [2.24, 2.45) is 0 Å². The summed E-state index contributed by atoms with van der Waals surface area (Å²) in [6.45, 7) is 0.716. The van der Waals surface area contributed by atoms with E-state index in [0.29, 0.717) is 13.1 Å². The second-order valence-electron chi connectivity index (χ2n) is 7.74. The predicted octanol–water partition coefficient (Wildman–Crippen LogP) is 5.48. The third-order valence-corrected chi connectivity index (χ3v) is 5.98. The molecule has 0 unspecified atom stereocenters. The van der Waals surface area contributed by atoms with Gasteiger partial charge in [0, 0.05) is 30.8 Å². The van der Waals surface area contributed by atoms with Gasteiger partial charge in [-0.3, -0.25) is 4.79 Å². The van der Waals surface area contributed by atoms with Crippen LogP contribution < -0.4 is 5.32 Å². The minimum absolute atomic E-state index is 0.0144. The number of halogens is 3. The highest BCUT2D eigenvalue weighted by Gasteiger charge is 2.30. The lowest BCUT2D eigenvalue weighted by Crippen LogP contribution is -2.45. The molecule has 10 heteroatoms. The highest BCUT2D eigenvalue weighted by molar-refractivity contribution is 7.09. The first-order valence-corrected chi connectivity index (χ1v) is 11.7. The zero-order valence-corrected chi connectivity index (χ0v) is 19.9. The number of anilines is 1. The van der Waals surface area contributed by atoms with E-state index in [1.165, 1.54) is 35.5 Å². The third kappa shape index (κ3) is 8.11. The number of thiophene rings is 1. The second-order valence-corrected chi connectivity index (χ2v) is 8.77. The van der Waals surface area contributed by atoms with Crippen LogP contribution >= 0.6 is 11.3 Å². The maximum Gasteiger partial charge on any atom is 0.416 e. The minimum Gasteiger partial charge on any atom is -0.383 e. The molecule has 3 aromatic rings. The van der Waals surface area contributed by atoms with Crippen molar-refractivity contribution in [1.29, 1.82) is 0 Å². The van der Waals surface area contributed by atoms with Gasteiger partial charge in [-0.2, -0.15) is 13.2 Å². The number of carbonyl (C=O) groups is 2. The van der Waals surface area contributed by atoms with Crippen LogP contribution in [0, 0.1) is 0 Å². The van der Waals surface area contributed by atoms with Gasteiger partial charge < -0.3 is 19.9 Å². The van der Waals surface area contributed by atoms with E-state index < -0.39 is 17.8 Å². The molecule has 0 spiro atoms. The Hall–Kier alpha value is -3.37. The number of ether oxygens (including phenoxy) is 1. The molecule has 0 atom stereocenters. The fraction of sp³-hybridized carbons (Fsp3) is 0.280. The van der Waals surface area contributed by atoms with Crippen LogP contribution in [0.2, 0.25) is 0 Å². The molecular formula is C25H26F3N3O3S. The summed E-state index contributed by atoms with van der Waals surface area (Å²) < 4.78 is 44.2. The summed E-state index contributed by atoms with van der Waals surface area (Å²) in [5.41, 5.74) is 0.0495. The summed E-state index contributed by atoms with van der Waals surface area (Å²) in [5, 5.41) is 4.39. The van der Waals surface area contributed by atoms with Gasteiger partial charge in [0.2, 0.25) is 5.91 Å². The Labute approximate surface area is 205 Å². The van der Waals surface area contributed by atoms with Crippen molar-refractivity contribution in [3.8, 4) is 0 Å². The Morgan fingerprint density at radius 2 is 1.74 bits per heavy atom. The molecular weight excluding hydrogens is 479 g/mol. The number of carbonyl (C=O) groups excluding carboxylic acids is 2. The normalized spacial score (nSPS) is 11.2. The SMILES string of the molecule is COCCN(CC(=O)N(Cc1ccccc1)Cc1cccs1)C(=O)Nc1cccc(C(F)(F)F)c1. The molecule has 1 N–H and O–H groups in total. The van der Waals surface area contributed by atoms with E-state index in [4.69, 9.17) is 4.74 Å². The summed E-state index contributed by atoms with van der Waals surface area (Å²) in [6.07, 6.45) is -4.54. The number of hydrogen-bond donors (Lipinski definition) is 1. The zero-order chi connectivity index (χ0) is 25.3. The van der Waals surface area contributed by atoms with Crippen molar-refractivity contribution in [3.05, 3.63) is 88.1 Å². The number of urea groups is 1. The number of alkyl halides is 3. The van der Waals surface area contributed by atoms with Crippen LogP contribution in [-0.2, 0) is 28.8 Å².